The van der Waals surface area contributed by atoms with E-state index in [4.69, 9.17) is 4.74 Å². The molecule has 6 heteroatoms. The van der Waals surface area contributed by atoms with Gasteiger partial charge in [0.2, 0.25) is 5.88 Å². The molecule has 0 fully saturated rings. The molecule has 6 nitrogen and oxygen atoms in total. The zero-order chi connectivity index (χ0) is 13.7. The van der Waals surface area contributed by atoms with Crippen LogP contribution in [0.1, 0.15) is 30.8 Å². The molecule has 1 unspecified atom stereocenters. The minimum absolute atomic E-state index is 0.00847. The molecule has 0 spiro atoms. The van der Waals surface area contributed by atoms with Crippen LogP contribution in [-0.2, 0) is 7.05 Å². The van der Waals surface area contributed by atoms with Crippen LogP contribution in [0.2, 0.25) is 0 Å². The number of ether oxygens (including phenoxy) is 1. The third-order valence-electron chi connectivity index (χ3n) is 2.92. The van der Waals surface area contributed by atoms with Gasteiger partial charge in [-0.1, -0.05) is 6.92 Å². The van der Waals surface area contributed by atoms with E-state index in [1.165, 1.54) is 0 Å². The summed E-state index contributed by atoms with van der Waals surface area (Å²) in [6.45, 7) is 3.04. The topological polar surface area (TPSA) is 64.9 Å². The van der Waals surface area contributed by atoms with E-state index in [1.807, 2.05) is 29.9 Å². The molecule has 0 radical (unpaired) electrons. The van der Waals surface area contributed by atoms with Gasteiger partial charge >= 0.3 is 0 Å². The fraction of sp³-hybridized carbons (Fsp3) is 0.462. The van der Waals surface area contributed by atoms with Gasteiger partial charge < -0.3 is 10.1 Å². The van der Waals surface area contributed by atoms with E-state index in [-0.39, 0.29) is 6.04 Å². The van der Waals surface area contributed by atoms with E-state index in [2.05, 4.69) is 27.5 Å². The smallest absolute Gasteiger partial charge is 0.233 e. The van der Waals surface area contributed by atoms with Gasteiger partial charge in [0.25, 0.3) is 0 Å². The largest absolute Gasteiger partial charge is 0.480 e. The van der Waals surface area contributed by atoms with Gasteiger partial charge in [0.05, 0.1) is 24.5 Å². The van der Waals surface area contributed by atoms with Crippen molar-refractivity contribution in [1.29, 1.82) is 0 Å². The summed E-state index contributed by atoms with van der Waals surface area (Å²) in [6, 6.07) is 5.72. The predicted octanol–water partition coefficient (Wildman–Crippen LogP) is 1.31. The molecule has 2 aromatic rings. The Morgan fingerprint density at radius 3 is 2.68 bits per heavy atom. The zero-order valence-electron chi connectivity index (χ0n) is 11.5. The van der Waals surface area contributed by atoms with Gasteiger partial charge in [-0.2, -0.15) is 5.10 Å². The normalized spacial score (nSPS) is 12.4. The lowest BCUT2D eigenvalue weighted by molar-refractivity contribution is 0.389. The van der Waals surface area contributed by atoms with E-state index in [0.29, 0.717) is 5.88 Å². The quantitative estimate of drug-likeness (QED) is 0.849. The van der Waals surface area contributed by atoms with Gasteiger partial charge in [-0.15, -0.1) is 10.2 Å². The van der Waals surface area contributed by atoms with Crippen LogP contribution in [0.5, 0.6) is 5.88 Å². The first-order valence-electron chi connectivity index (χ1n) is 6.35. The molecule has 2 heterocycles. The summed E-state index contributed by atoms with van der Waals surface area (Å²) in [5.74, 6) is 0.517. The minimum Gasteiger partial charge on any atom is -0.480 e. The van der Waals surface area contributed by atoms with Gasteiger partial charge in [-0.3, -0.25) is 4.68 Å². The second-order valence-electron chi connectivity index (χ2n) is 4.27. The Morgan fingerprint density at radius 2 is 2.16 bits per heavy atom. The molecule has 0 aromatic carbocycles. The maximum atomic E-state index is 5.03. The highest BCUT2D eigenvalue weighted by molar-refractivity contribution is 5.22. The van der Waals surface area contributed by atoms with Crippen LogP contribution < -0.4 is 10.1 Å². The Kier molecular flexibility index (Phi) is 4.46. The Balaban J connectivity index is 2.28. The van der Waals surface area contributed by atoms with Crippen LogP contribution in [-0.4, -0.2) is 33.6 Å². The van der Waals surface area contributed by atoms with E-state index in [9.17, 15) is 0 Å². The fourth-order valence-electron chi connectivity index (χ4n) is 1.91. The number of nitrogens with one attached hydrogen (secondary N) is 1. The monoisotopic (exact) mass is 261 g/mol. The van der Waals surface area contributed by atoms with Crippen LogP contribution in [0.15, 0.2) is 24.4 Å². The molecule has 19 heavy (non-hydrogen) atoms. The molecule has 1 atom stereocenters. The molecule has 1 N–H and O–H groups in total. The second kappa shape index (κ2) is 6.29. The van der Waals surface area contributed by atoms with Crippen molar-refractivity contribution in [2.75, 3.05) is 13.7 Å². The van der Waals surface area contributed by atoms with Crippen molar-refractivity contribution in [1.82, 2.24) is 25.3 Å². The lowest BCUT2D eigenvalue weighted by Gasteiger charge is -2.17. The van der Waals surface area contributed by atoms with Crippen LogP contribution >= 0.6 is 0 Å². The average Bonchev–Trinajstić information content (AvgIpc) is 2.86. The Bertz CT molecular complexity index is 508. The molecular formula is C13H19N5O. The molecule has 0 aliphatic heterocycles. The number of hydrogen-bond acceptors (Lipinski definition) is 5. The lowest BCUT2D eigenvalue weighted by atomic mass is 10.1. The Morgan fingerprint density at radius 1 is 1.32 bits per heavy atom. The highest BCUT2D eigenvalue weighted by Gasteiger charge is 2.18. The van der Waals surface area contributed by atoms with E-state index >= 15 is 0 Å². The Hall–Kier alpha value is -1.95. The maximum Gasteiger partial charge on any atom is 0.233 e. The molecule has 0 aliphatic carbocycles. The molecule has 0 amide bonds. The standard InChI is InChI=1S/C13H19N5O/c1-4-8-14-13(11-7-9-15-18(11)2)10-5-6-12(19-3)17-16-10/h5-7,9,13-14H,4,8H2,1-3H3. The summed E-state index contributed by atoms with van der Waals surface area (Å²) in [7, 11) is 3.50. The average molecular weight is 261 g/mol. The number of aromatic nitrogens is 4. The van der Waals surface area contributed by atoms with Gasteiger partial charge in [0.1, 0.15) is 0 Å². The van der Waals surface area contributed by atoms with Crippen molar-refractivity contribution in [3.8, 4) is 5.88 Å². The molecule has 0 aliphatic rings. The highest BCUT2D eigenvalue weighted by atomic mass is 16.5. The summed E-state index contributed by atoms with van der Waals surface area (Å²) in [4.78, 5) is 0. The first-order valence-corrected chi connectivity index (χ1v) is 6.35. The zero-order valence-corrected chi connectivity index (χ0v) is 11.5. The SMILES string of the molecule is CCCNC(c1ccc(OC)nn1)c1ccnn1C. The highest BCUT2D eigenvalue weighted by Crippen LogP contribution is 2.20. The van der Waals surface area contributed by atoms with E-state index < -0.39 is 0 Å². The lowest BCUT2D eigenvalue weighted by Crippen LogP contribution is -2.26. The molecule has 102 valence electrons. The number of methoxy groups -OCH3 is 1. The molecular weight excluding hydrogens is 242 g/mol. The van der Waals surface area contributed by atoms with Crippen molar-refractivity contribution >= 4 is 0 Å². The summed E-state index contributed by atoms with van der Waals surface area (Å²) in [6.07, 6.45) is 2.84. The summed E-state index contributed by atoms with van der Waals surface area (Å²) in [5.41, 5.74) is 1.92. The maximum absolute atomic E-state index is 5.03. The van der Waals surface area contributed by atoms with Gasteiger partial charge in [0, 0.05) is 19.3 Å². The van der Waals surface area contributed by atoms with Crippen molar-refractivity contribution < 1.29 is 4.74 Å². The number of nitrogens with zero attached hydrogens (tertiary/aromatic N) is 4. The molecule has 2 rings (SSSR count). The van der Waals surface area contributed by atoms with Gasteiger partial charge in [0.15, 0.2) is 0 Å². The first kappa shape index (κ1) is 13.5. The van der Waals surface area contributed by atoms with E-state index in [1.54, 1.807) is 13.3 Å². The third kappa shape index (κ3) is 3.08. The molecule has 0 saturated carbocycles. The van der Waals surface area contributed by atoms with E-state index in [0.717, 1.165) is 24.4 Å². The predicted molar refractivity (Wildman–Crippen MR) is 71.9 cm³/mol. The molecule has 0 saturated heterocycles. The summed E-state index contributed by atoms with van der Waals surface area (Å²) in [5, 5.41) is 15.9. The second-order valence-corrected chi connectivity index (χ2v) is 4.27. The number of hydrogen-bond donors (Lipinski definition) is 1. The van der Waals surface area contributed by atoms with Crippen molar-refractivity contribution in [2.45, 2.75) is 19.4 Å². The number of aryl methyl sites for hydroxylation is 1. The first-order chi connectivity index (χ1) is 9.26. The number of rotatable bonds is 6. The van der Waals surface area contributed by atoms with Gasteiger partial charge in [-0.25, -0.2) is 0 Å². The van der Waals surface area contributed by atoms with Crippen LogP contribution in [0, 0.1) is 0 Å². The van der Waals surface area contributed by atoms with Crippen LogP contribution in [0.4, 0.5) is 0 Å². The Labute approximate surface area is 112 Å². The minimum atomic E-state index is -0.00847. The summed E-state index contributed by atoms with van der Waals surface area (Å²) < 4.78 is 6.88. The third-order valence-corrected chi connectivity index (χ3v) is 2.92. The van der Waals surface area contributed by atoms with Crippen molar-refractivity contribution in [3.63, 3.8) is 0 Å². The van der Waals surface area contributed by atoms with Crippen molar-refractivity contribution in [2.24, 2.45) is 7.05 Å². The molecule has 2 aromatic heterocycles. The van der Waals surface area contributed by atoms with Crippen molar-refractivity contribution in [3.05, 3.63) is 35.8 Å². The van der Waals surface area contributed by atoms with Crippen LogP contribution in [0.25, 0.3) is 0 Å². The molecule has 0 bridgehead atoms. The van der Waals surface area contributed by atoms with Gasteiger partial charge in [-0.05, 0) is 25.1 Å². The summed E-state index contributed by atoms with van der Waals surface area (Å²) >= 11 is 0. The van der Waals surface area contributed by atoms with Crippen LogP contribution in [0.3, 0.4) is 0 Å². The fourth-order valence-corrected chi connectivity index (χ4v) is 1.91.